The van der Waals surface area contributed by atoms with E-state index >= 15 is 0 Å². The Labute approximate surface area is 168 Å². The highest BCUT2D eigenvalue weighted by Crippen LogP contribution is 2.34. The highest BCUT2D eigenvalue weighted by molar-refractivity contribution is 7.79. The molecule has 152 valence electrons. The van der Waals surface area contributed by atoms with Crippen molar-refractivity contribution in [3.63, 3.8) is 0 Å². The summed E-state index contributed by atoms with van der Waals surface area (Å²) in [5.41, 5.74) is 4.90. The van der Waals surface area contributed by atoms with Gasteiger partial charge < -0.3 is 4.55 Å². The maximum atomic E-state index is 12.4. The van der Waals surface area contributed by atoms with Crippen LogP contribution in [-0.2, 0) is 36.8 Å². The molecule has 0 aromatic heterocycles. The molecule has 0 saturated heterocycles. The van der Waals surface area contributed by atoms with Crippen LogP contribution >= 0.6 is 0 Å². The molecule has 0 radical (unpaired) electrons. The molecule has 1 unspecified atom stereocenters. The average molecular weight is 392 g/mol. The number of hydrogen-bond acceptors (Lipinski definition) is 2. The second kappa shape index (κ2) is 13.1. The first-order valence-electron chi connectivity index (χ1n) is 10.8. The third kappa shape index (κ3) is 6.43. The first kappa shape index (κ1) is 23.9. The second-order valence-electron chi connectivity index (χ2n) is 7.39. The number of unbranched alkanes of at least 4 members (excludes halogenated alkanes) is 4. The quantitative estimate of drug-likeness (QED) is 0.390. The van der Waals surface area contributed by atoms with Gasteiger partial charge >= 0.3 is 0 Å². The largest absolute Gasteiger partial charge is 0.302 e. The summed E-state index contributed by atoms with van der Waals surface area (Å²) < 4.78 is 22.7. The molecule has 4 heteroatoms. The summed E-state index contributed by atoms with van der Waals surface area (Å²) in [6.07, 6.45) is 11.4. The normalized spacial score (nSPS) is 12.1. The van der Waals surface area contributed by atoms with Crippen molar-refractivity contribution in [2.24, 2.45) is 0 Å². The SMILES string of the molecule is CCCCc1c(C#N)c(CCCC)c(CCCC)c(S(=O)O)c1CCCC. The van der Waals surface area contributed by atoms with Gasteiger partial charge in [0.05, 0.1) is 16.5 Å². The van der Waals surface area contributed by atoms with Crippen molar-refractivity contribution >= 4 is 11.1 Å². The Balaban J connectivity index is 3.79. The number of hydrogen-bond donors (Lipinski definition) is 1. The highest BCUT2D eigenvalue weighted by Gasteiger charge is 2.25. The molecule has 0 spiro atoms. The van der Waals surface area contributed by atoms with Gasteiger partial charge in [-0.2, -0.15) is 5.26 Å². The topological polar surface area (TPSA) is 61.1 Å². The summed E-state index contributed by atoms with van der Waals surface area (Å²) in [6.45, 7) is 8.58. The van der Waals surface area contributed by atoms with Crippen LogP contribution in [0.2, 0.25) is 0 Å². The molecule has 0 bridgehead atoms. The lowest BCUT2D eigenvalue weighted by molar-refractivity contribution is 0.559. The van der Waals surface area contributed by atoms with Gasteiger partial charge in [0.25, 0.3) is 0 Å². The van der Waals surface area contributed by atoms with E-state index in [1.807, 2.05) is 0 Å². The summed E-state index contributed by atoms with van der Waals surface area (Å²) >= 11 is -2.01. The van der Waals surface area contributed by atoms with E-state index in [9.17, 15) is 14.0 Å². The van der Waals surface area contributed by atoms with Gasteiger partial charge in [0, 0.05) is 0 Å². The Morgan fingerprint density at radius 2 is 1.07 bits per heavy atom. The van der Waals surface area contributed by atoms with E-state index in [-0.39, 0.29) is 0 Å². The van der Waals surface area contributed by atoms with Crippen LogP contribution in [0.3, 0.4) is 0 Å². The Hall–Kier alpha value is -1.18. The maximum absolute atomic E-state index is 12.4. The van der Waals surface area contributed by atoms with E-state index in [0.717, 1.165) is 105 Å². The molecule has 0 aliphatic rings. The van der Waals surface area contributed by atoms with Crippen molar-refractivity contribution < 1.29 is 8.76 Å². The van der Waals surface area contributed by atoms with Crippen LogP contribution < -0.4 is 0 Å². The van der Waals surface area contributed by atoms with Crippen LogP contribution in [0.1, 0.15) is 107 Å². The minimum atomic E-state index is -2.01. The van der Waals surface area contributed by atoms with Crippen molar-refractivity contribution in [2.45, 2.75) is 110 Å². The van der Waals surface area contributed by atoms with Crippen molar-refractivity contribution in [3.8, 4) is 6.07 Å². The standard InChI is InChI=1S/C23H37NO2S/c1-5-9-13-18-20(15-11-7-3)23(27(25)26)21(16-12-8-4)19(14-10-6-2)22(18)17-24/h5-16H2,1-4H3,(H,25,26). The molecule has 1 aromatic rings. The molecule has 3 nitrogen and oxygen atoms in total. The van der Waals surface area contributed by atoms with Crippen LogP contribution in [0.5, 0.6) is 0 Å². The van der Waals surface area contributed by atoms with Gasteiger partial charge in [-0.25, -0.2) is 4.21 Å². The van der Waals surface area contributed by atoms with E-state index in [0.29, 0.717) is 4.90 Å². The lowest BCUT2D eigenvalue weighted by atomic mass is 9.84. The van der Waals surface area contributed by atoms with Gasteiger partial charge in [-0.15, -0.1) is 0 Å². The molecule has 1 N–H and O–H groups in total. The lowest BCUT2D eigenvalue weighted by Gasteiger charge is -2.23. The van der Waals surface area contributed by atoms with Crippen LogP contribution in [0.15, 0.2) is 4.90 Å². The first-order valence-corrected chi connectivity index (χ1v) is 11.9. The molecule has 1 rings (SSSR count). The molecular weight excluding hydrogens is 354 g/mol. The number of rotatable bonds is 13. The third-order valence-electron chi connectivity index (χ3n) is 5.29. The Kier molecular flexibility index (Phi) is 11.6. The first-order chi connectivity index (χ1) is 13.1. The molecule has 0 heterocycles. The van der Waals surface area contributed by atoms with Gasteiger partial charge in [0.1, 0.15) is 0 Å². The molecule has 0 fully saturated rings. The minimum Gasteiger partial charge on any atom is -0.302 e. The molecular formula is C23H37NO2S. The van der Waals surface area contributed by atoms with Gasteiger partial charge in [0.15, 0.2) is 11.1 Å². The Morgan fingerprint density at radius 3 is 1.33 bits per heavy atom. The summed E-state index contributed by atoms with van der Waals surface area (Å²) in [4.78, 5) is 0.633. The van der Waals surface area contributed by atoms with E-state index in [1.165, 1.54) is 0 Å². The molecule has 0 saturated carbocycles. The summed E-state index contributed by atoms with van der Waals surface area (Å²) in [5.74, 6) is 0. The van der Waals surface area contributed by atoms with E-state index < -0.39 is 11.1 Å². The molecule has 27 heavy (non-hydrogen) atoms. The monoisotopic (exact) mass is 391 g/mol. The van der Waals surface area contributed by atoms with Gasteiger partial charge in [-0.1, -0.05) is 53.4 Å². The number of nitriles is 1. The summed E-state index contributed by atoms with van der Waals surface area (Å²) in [6, 6.07) is 2.50. The molecule has 0 aliphatic carbocycles. The fourth-order valence-electron chi connectivity index (χ4n) is 3.78. The van der Waals surface area contributed by atoms with Crippen LogP contribution in [0, 0.1) is 11.3 Å². The zero-order valence-electron chi connectivity index (χ0n) is 17.7. The van der Waals surface area contributed by atoms with Crippen molar-refractivity contribution in [1.82, 2.24) is 0 Å². The Morgan fingerprint density at radius 1 is 0.741 bits per heavy atom. The molecule has 0 aliphatic heterocycles. The van der Waals surface area contributed by atoms with E-state index in [4.69, 9.17) is 0 Å². The van der Waals surface area contributed by atoms with E-state index in [2.05, 4.69) is 33.8 Å². The lowest BCUT2D eigenvalue weighted by Crippen LogP contribution is -2.14. The smallest absolute Gasteiger partial charge is 0.187 e. The van der Waals surface area contributed by atoms with Gasteiger partial charge in [-0.05, 0) is 73.6 Å². The zero-order chi connectivity index (χ0) is 20.2. The third-order valence-corrected chi connectivity index (χ3v) is 6.13. The van der Waals surface area contributed by atoms with E-state index in [1.54, 1.807) is 0 Å². The predicted octanol–water partition coefficient (Wildman–Crippen LogP) is 6.51. The number of nitrogens with zero attached hydrogens (tertiary/aromatic N) is 1. The number of benzene rings is 1. The van der Waals surface area contributed by atoms with Gasteiger partial charge in [-0.3, -0.25) is 0 Å². The fourth-order valence-corrected chi connectivity index (χ4v) is 4.65. The van der Waals surface area contributed by atoms with Crippen LogP contribution in [0.4, 0.5) is 0 Å². The molecule has 1 atom stereocenters. The molecule has 0 amide bonds. The minimum absolute atomic E-state index is 0.633. The van der Waals surface area contributed by atoms with Crippen molar-refractivity contribution in [3.05, 3.63) is 27.8 Å². The zero-order valence-corrected chi connectivity index (χ0v) is 18.5. The van der Waals surface area contributed by atoms with Gasteiger partial charge in [0.2, 0.25) is 0 Å². The van der Waals surface area contributed by atoms with Crippen LogP contribution in [0.25, 0.3) is 0 Å². The maximum Gasteiger partial charge on any atom is 0.187 e. The molecule has 1 aromatic carbocycles. The Bertz CT molecular complexity index is 620. The predicted molar refractivity (Wildman–Crippen MR) is 115 cm³/mol. The van der Waals surface area contributed by atoms with Crippen LogP contribution in [-0.4, -0.2) is 8.76 Å². The highest BCUT2D eigenvalue weighted by atomic mass is 32.2. The van der Waals surface area contributed by atoms with Crippen molar-refractivity contribution in [2.75, 3.05) is 0 Å². The second-order valence-corrected chi connectivity index (χ2v) is 8.30. The van der Waals surface area contributed by atoms with Crippen molar-refractivity contribution in [1.29, 1.82) is 5.26 Å². The fraction of sp³-hybridized carbons (Fsp3) is 0.696. The summed E-state index contributed by atoms with van der Waals surface area (Å²) in [5, 5.41) is 10.0. The summed E-state index contributed by atoms with van der Waals surface area (Å²) in [7, 11) is 0. The average Bonchev–Trinajstić information content (AvgIpc) is 2.66.